The van der Waals surface area contributed by atoms with Crippen LogP contribution < -0.4 is 10.2 Å². The summed E-state index contributed by atoms with van der Waals surface area (Å²) in [6.07, 6.45) is 1.50. The number of aromatic nitrogens is 2. The zero-order chi connectivity index (χ0) is 16.9. The zero-order valence-corrected chi connectivity index (χ0v) is 15.0. The summed E-state index contributed by atoms with van der Waals surface area (Å²) in [6.45, 7) is 3.55. The fourth-order valence-corrected chi connectivity index (χ4v) is 4.16. The van der Waals surface area contributed by atoms with E-state index in [0.717, 1.165) is 34.7 Å². The summed E-state index contributed by atoms with van der Waals surface area (Å²) in [5.74, 6) is 0.514. The first-order valence-electron chi connectivity index (χ1n) is 7.81. The fraction of sp³-hybridized carbons (Fsp3) is 0.375. The Kier molecular flexibility index (Phi) is 5.47. The van der Waals surface area contributed by atoms with Crippen LogP contribution in [0.5, 0.6) is 0 Å². The number of carbonyl (C=O) groups is 2. The van der Waals surface area contributed by atoms with Crippen LogP contribution in [0.2, 0.25) is 0 Å². The van der Waals surface area contributed by atoms with Crippen LogP contribution in [0.1, 0.15) is 30.1 Å². The Morgan fingerprint density at radius 1 is 1.33 bits per heavy atom. The monoisotopic (exact) mass is 362 g/mol. The molecule has 126 valence electrons. The summed E-state index contributed by atoms with van der Waals surface area (Å²) in [5, 5.41) is 11.9. The second-order valence-electron chi connectivity index (χ2n) is 5.31. The van der Waals surface area contributed by atoms with E-state index >= 15 is 0 Å². The lowest BCUT2D eigenvalue weighted by atomic mass is 10.1. The quantitative estimate of drug-likeness (QED) is 0.603. The molecule has 0 atom stereocenters. The molecule has 2 heterocycles. The van der Waals surface area contributed by atoms with Gasteiger partial charge in [-0.2, -0.15) is 0 Å². The van der Waals surface area contributed by atoms with E-state index in [-0.39, 0.29) is 11.7 Å². The number of rotatable bonds is 7. The first-order chi connectivity index (χ1) is 11.7. The van der Waals surface area contributed by atoms with Crippen molar-refractivity contribution in [3.63, 3.8) is 0 Å². The average Bonchev–Trinajstić information content (AvgIpc) is 3.22. The lowest BCUT2D eigenvalue weighted by molar-refractivity contribution is -0.117. The highest BCUT2D eigenvalue weighted by atomic mass is 32.2. The standard InChI is InChI=1S/C16H18N4O2S2/c1-2-17-15-18-19-16(24-15)23-10-13(21)11-5-7-12(8-6-11)20-9-3-4-14(20)22/h5-8H,2-4,9-10H2,1H3,(H,17,18). The van der Waals surface area contributed by atoms with E-state index in [9.17, 15) is 9.59 Å². The molecule has 0 radical (unpaired) electrons. The van der Waals surface area contributed by atoms with Crippen molar-refractivity contribution >= 4 is 45.6 Å². The second kappa shape index (κ2) is 7.76. The van der Waals surface area contributed by atoms with Crippen LogP contribution in [0.3, 0.4) is 0 Å². The highest BCUT2D eigenvalue weighted by Gasteiger charge is 2.21. The van der Waals surface area contributed by atoms with Crippen LogP contribution in [-0.2, 0) is 4.79 Å². The summed E-state index contributed by atoms with van der Waals surface area (Å²) in [7, 11) is 0. The van der Waals surface area contributed by atoms with Gasteiger partial charge in [-0.15, -0.1) is 10.2 Å². The van der Waals surface area contributed by atoms with E-state index in [2.05, 4.69) is 15.5 Å². The molecule has 0 aliphatic carbocycles. The van der Waals surface area contributed by atoms with Crippen molar-refractivity contribution in [3.05, 3.63) is 29.8 Å². The van der Waals surface area contributed by atoms with Crippen molar-refractivity contribution in [2.24, 2.45) is 0 Å². The first kappa shape index (κ1) is 16.9. The van der Waals surface area contributed by atoms with Crippen molar-refractivity contribution in [2.75, 3.05) is 29.1 Å². The summed E-state index contributed by atoms with van der Waals surface area (Å²) in [6, 6.07) is 7.26. The summed E-state index contributed by atoms with van der Waals surface area (Å²) < 4.78 is 0.776. The average molecular weight is 362 g/mol. The van der Waals surface area contributed by atoms with Crippen molar-refractivity contribution in [2.45, 2.75) is 24.1 Å². The molecule has 0 unspecified atom stereocenters. The molecule has 24 heavy (non-hydrogen) atoms. The van der Waals surface area contributed by atoms with Gasteiger partial charge in [0.1, 0.15) is 0 Å². The van der Waals surface area contributed by atoms with Gasteiger partial charge in [-0.3, -0.25) is 9.59 Å². The number of anilines is 2. The van der Waals surface area contributed by atoms with Gasteiger partial charge < -0.3 is 10.2 Å². The normalized spacial score (nSPS) is 14.2. The Morgan fingerprint density at radius 2 is 2.12 bits per heavy atom. The summed E-state index contributed by atoms with van der Waals surface area (Å²) in [5.41, 5.74) is 1.51. The molecule has 1 N–H and O–H groups in total. The van der Waals surface area contributed by atoms with Crippen LogP contribution >= 0.6 is 23.1 Å². The van der Waals surface area contributed by atoms with Gasteiger partial charge in [-0.1, -0.05) is 23.1 Å². The Labute approximate surface area is 148 Å². The van der Waals surface area contributed by atoms with Gasteiger partial charge in [0, 0.05) is 30.8 Å². The van der Waals surface area contributed by atoms with Gasteiger partial charge in [0.05, 0.1) is 5.75 Å². The van der Waals surface area contributed by atoms with Gasteiger partial charge in [-0.25, -0.2) is 0 Å². The molecule has 1 aliphatic rings. The Balaban J connectivity index is 1.57. The second-order valence-corrected chi connectivity index (χ2v) is 7.51. The third kappa shape index (κ3) is 3.93. The maximum absolute atomic E-state index is 12.3. The number of nitrogens with zero attached hydrogens (tertiary/aromatic N) is 3. The van der Waals surface area contributed by atoms with Gasteiger partial charge in [-0.05, 0) is 37.6 Å². The van der Waals surface area contributed by atoms with Crippen LogP contribution in [0.15, 0.2) is 28.6 Å². The van der Waals surface area contributed by atoms with Gasteiger partial charge in [0.15, 0.2) is 10.1 Å². The molecule has 2 aromatic rings. The van der Waals surface area contributed by atoms with Gasteiger partial charge in [0.25, 0.3) is 0 Å². The maximum Gasteiger partial charge on any atom is 0.227 e. The molecule has 1 aromatic carbocycles. The number of Topliss-reactive ketones (excluding diaryl/α,β-unsaturated/α-hetero) is 1. The van der Waals surface area contributed by atoms with Crippen LogP contribution in [0, 0.1) is 0 Å². The molecule has 8 heteroatoms. The molecule has 1 saturated heterocycles. The SMILES string of the molecule is CCNc1nnc(SCC(=O)c2ccc(N3CCCC3=O)cc2)s1. The smallest absolute Gasteiger partial charge is 0.227 e. The molecule has 0 bridgehead atoms. The number of amides is 1. The topological polar surface area (TPSA) is 75.2 Å². The predicted octanol–water partition coefficient (Wildman–Crippen LogP) is 3.07. The minimum absolute atomic E-state index is 0.0412. The molecule has 0 saturated carbocycles. The Bertz CT molecular complexity index is 730. The number of hydrogen-bond donors (Lipinski definition) is 1. The summed E-state index contributed by atoms with van der Waals surface area (Å²) in [4.78, 5) is 25.8. The highest BCUT2D eigenvalue weighted by molar-refractivity contribution is 8.01. The number of nitrogens with one attached hydrogen (secondary N) is 1. The Morgan fingerprint density at radius 3 is 2.79 bits per heavy atom. The zero-order valence-electron chi connectivity index (χ0n) is 13.3. The molecular formula is C16H18N4O2S2. The minimum atomic E-state index is 0.0412. The molecule has 3 rings (SSSR count). The molecule has 1 aliphatic heterocycles. The van der Waals surface area contributed by atoms with E-state index in [1.54, 1.807) is 17.0 Å². The van der Waals surface area contributed by atoms with E-state index < -0.39 is 0 Å². The lowest BCUT2D eigenvalue weighted by Crippen LogP contribution is -2.23. The van der Waals surface area contributed by atoms with Crippen molar-refractivity contribution in [3.8, 4) is 0 Å². The predicted molar refractivity (Wildman–Crippen MR) is 97.2 cm³/mol. The molecule has 1 amide bonds. The maximum atomic E-state index is 12.3. The van der Waals surface area contributed by atoms with Crippen LogP contribution in [-0.4, -0.2) is 40.7 Å². The van der Waals surface area contributed by atoms with E-state index in [4.69, 9.17) is 0 Å². The number of ketones is 1. The van der Waals surface area contributed by atoms with E-state index in [1.807, 2.05) is 19.1 Å². The van der Waals surface area contributed by atoms with Crippen LogP contribution in [0.4, 0.5) is 10.8 Å². The molecule has 0 spiro atoms. The third-order valence-corrected chi connectivity index (χ3v) is 5.65. The highest BCUT2D eigenvalue weighted by Crippen LogP contribution is 2.26. The number of hydrogen-bond acceptors (Lipinski definition) is 7. The van der Waals surface area contributed by atoms with Crippen molar-refractivity contribution < 1.29 is 9.59 Å². The van der Waals surface area contributed by atoms with Crippen molar-refractivity contribution in [1.82, 2.24) is 10.2 Å². The number of carbonyl (C=O) groups excluding carboxylic acids is 2. The van der Waals surface area contributed by atoms with Crippen molar-refractivity contribution in [1.29, 1.82) is 0 Å². The number of benzene rings is 1. The lowest BCUT2D eigenvalue weighted by Gasteiger charge is -2.15. The van der Waals surface area contributed by atoms with Crippen LogP contribution in [0.25, 0.3) is 0 Å². The first-order valence-corrected chi connectivity index (χ1v) is 9.61. The van der Waals surface area contributed by atoms with E-state index in [0.29, 0.717) is 17.7 Å². The fourth-order valence-electron chi connectivity index (χ4n) is 2.45. The molecule has 1 fully saturated rings. The minimum Gasteiger partial charge on any atom is -0.360 e. The van der Waals surface area contributed by atoms with Gasteiger partial charge >= 0.3 is 0 Å². The summed E-state index contributed by atoms with van der Waals surface area (Å²) >= 11 is 2.84. The molecular weight excluding hydrogens is 344 g/mol. The Hall–Kier alpha value is -1.93. The van der Waals surface area contributed by atoms with Gasteiger partial charge in [0.2, 0.25) is 11.0 Å². The molecule has 6 nitrogen and oxygen atoms in total. The number of thioether (sulfide) groups is 1. The molecule has 1 aromatic heterocycles. The largest absolute Gasteiger partial charge is 0.360 e. The third-order valence-electron chi connectivity index (χ3n) is 3.64. The van der Waals surface area contributed by atoms with E-state index in [1.165, 1.54) is 23.1 Å².